The Bertz CT molecular complexity index is 576. The summed E-state index contributed by atoms with van der Waals surface area (Å²) in [7, 11) is 0. The second-order valence-corrected chi connectivity index (χ2v) is 4.55. The van der Waals surface area contributed by atoms with Gasteiger partial charge in [-0.05, 0) is 30.7 Å². The van der Waals surface area contributed by atoms with E-state index in [1.54, 1.807) is 30.7 Å². The molecule has 0 aliphatic carbocycles. The molecule has 0 aliphatic rings. The summed E-state index contributed by atoms with van der Waals surface area (Å²) in [6, 6.07) is 5.95. The molecule has 5 heteroatoms. The average Bonchev–Trinajstić information content (AvgIpc) is 2.90. The van der Waals surface area contributed by atoms with E-state index in [1.165, 1.54) is 18.2 Å². The van der Waals surface area contributed by atoms with Crippen molar-refractivity contribution in [2.45, 2.75) is 19.5 Å². The first-order chi connectivity index (χ1) is 9.63. The zero-order valence-corrected chi connectivity index (χ0v) is 11.2. The molecule has 20 heavy (non-hydrogen) atoms. The van der Waals surface area contributed by atoms with E-state index in [0.717, 1.165) is 5.56 Å². The lowest BCUT2D eigenvalue weighted by atomic mass is 10.2. The maximum atomic E-state index is 12.7. The molecule has 1 unspecified atom stereocenters. The maximum absolute atomic E-state index is 12.7. The highest BCUT2D eigenvalue weighted by Gasteiger charge is 2.04. The minimum absolute atomic E-state index is 0.00503. The lowest BCUT2D eigenvalue weighted by Crippen LogP contribution is -2.34. The van der Waals surface area contributed by atoms with Crippen molar-refractivity contribution in [2.75, 3.05) is 0 Å². The molecule has 1 aromatic heterocycles. The van der Waals surface area contributed by atoms with Crippen molar-refractivity contribution >= 4 is 12.0 Å². The molecule has 0 aliphatic heterocycles. The first kappa shape index (κ1) is 14.0. The van der Waals surface area contributed by atoms with Gasteiger partial charge in [0.2, 0.25) is 5.91 Å². The molecular formula is C15H16FN3O. The van der Waals surface area contributed by atoms with Crippen molar-refractivity contribution < 1.29 is 9.18 Å². The summed E-state index contributed by atoms with van der Waals surface area (Å²) in [6.07, 6.45) is 8.34. The second-order valence-electron chi connectivity index (χ2n) is 4.55. The van der Waals surface area contributed by atoms with E-state index in [1.807, 2.05) is 17.7 Å². The number of benzene rings is 1. The number of aromatic nitrogens is 2. The maximum Gasteiger partial charge on any atom is 0.244 e. The molecule has 0 saturated heterocycles. The summed E-state index contributed by atoms with van der Waals surface area (Å²) < 4.78 is 14.6. The molecule has 0 bridgehead atoms. The number of imidazole rings is 1. The number of hydrogen-bond acceptors (Lipinski definition) is 2. The molecule has 1 atom stereocenters. The number of amides is 1. The molecular weight excluding hydrogens is 257 g/mol. The molecule has 2 aromatic rings. The van der Waals surface area contributed by atoms with E-state index in [4.69, 9.17) is 0 Å². The van der Waals surface area contributed by atoms with E-state index < -0.39 is 0 Å². The van der Waals surface area contributed by atoms with Crippen molar-refractivity contribution in [3.8, 4) is 0 Å². The number of nitrogens with one attached hydrogen (secondary N) is 1. The van der Waals surface area contributed by atoms with Gasteiger partial charge in [-0.1, -0.05) is 12.1 Å². The van der Waals surface area contributed by atoms with Crippen LogP contribution in [0.3, 0.4) is 0 Å². The largest absolute Gasteiger partial charge is 0.348 e. The van der Waals surface area contributed by atoms with Gasteiger partial charge in [-0.3, -0.25) is 4.79 Å². The van der Waals surface area contributed by atoms with Gasteiger partial charge in [0.05, 0.1) is 6.33 Å². The van der Waals surface area contributed by atoms with E-state index in [-0.39, 0.29) is 17.8 Å². The van der Waals surface area contributed by atoms with Crippen LogP contribution in [0.4, 0.5) is 4.39 Å². The SMILES string of the molecule is CC(Cn1ccnc1)NC(=O)C=Cc1ccc(F)cc1. The first-order valence-electron chi connectivity index (χ1n) is 6.33. The smallest absolute Gasteiger partial charge is 0.244 e. The molecule has 104 valence electrons. The van der Waals surface area contributed by atoms with E-state index in [9.17, 15) is 9.18 Å². The highest BCUT2D eigenvalue weighted by atomic mass is 19.1. The summed E-state index contributed by atoms with van der Waals surface area (Å²) in [5, 5.41) is 2.85. The Labute approximate surface area is 117 Å². The van der Waals surface area contributed by atoms with Crippen LogP contribution in [0.25, 0.3) is 6.08 Å². The van der Waals surface area contributed by atoms with Gasteiger partial charge in [0.25, 0.3) is 0 Å². The molecule has 4 nitrogen and oxygen atoms in total. The van der Waals surface area contributed by atoms with E-state index >= 15 is 0 Å². The first-order valence-corrected chi connectivity index (χ1v) is 6.33. The van der Waals surface area contributed by atoms with Crippen LogP contribution in [0.15, 0.2) is 49.1 Å². The quantitative estimate of drug-likeness (QED) is 0.849. The number of carbonyl (C=O) groups is 1. The predicted octanol–water partition coefficient (Wildman–Crippen LogP) is 2.24. The number of rotatable bonds is 5. The Hall–Kier alpha value is -2.43. The van der Waals surface area contributed by atoms with E-state index in [2.05, 4.69) is 10.3 Å². The molecule has 0 spiro atoms. The fourth-order valence-corrected chi connectivity index (χ4v) is 1.79. The van der Waals surface area contributed by atoms with Gasteiger partial charge in [-0.15, -0.1) is 0 Å². The number of nitrogens with zero attached hydrogens (tertiary/aromatic N) is 2. The van der Waals surface area contributed by atoms with Gasteiger partial charge >= 0.3 is 0 Å². The minimum atomic E-state index is -0.291. The number of hydrogen-bond donors (Lipinski definition) is 1. The third-order valence-electron chi connectivity index (χ3n) is 2.73. The molecule has 0 fully saturated rings. The minimum Gasteiger partial charge on any atom is -0.348 e. The topological polar surface area (TPSA) is 46.9 Å². The zero-order valence-electron chi connectivity index (χ0n) is 11.2. The van der Waals surface area contributed by atoms with Gasteiger partial charge in [0.1, 0.15) is 5.82 Å². The Balaban J connectivity index is 1.84. The lowest BCUT2D eigenvalue weighted by Gasteiger charge is -2.12. The van der Waals surface area contributed by atoms with Gasteiger partial charge < -0.3 is 9.88 Å². The van der Waals surface area contributed by atoms with E-state index in [0.29, 0.717) is 6.54 Å². The second kappa shape index (κ2) is 6.65. The van der Waals surface area contributed by atoms with Crippen molar-refractivity contribution in [3.63, 3.8) is 0 Å². The Morgan fingerprint density at radius 3 is 2.85 bits per heavy atom. The third-order valence-corrected chi connectivity index (χ3v) is 2.73. The predicted molar refractivity (Wildman–Crippen MR) is 75.3 cm³/mol. The van der Waals surface area contributed by atoms with Gasteiger partial charge in [-0.25, -0.2) is 9.37 Å². The Morgan fingerprint density at radius 2 is 2.20 bits per heavy atom. The fourth-order valence-electron chi connectivity index (χ4n) is 1.79. The van der Waals surface area contributed by atoms with Crippen molar-refractivity contribution in [3.05, 3.63) is 60.4 Å². The molecule has 1 amide bonds. The van der Waals surface area contributed by atoms with Gasteiger partial charge in [0, 0.05) is 31.1 Å². The summed E-state index contributed by atoms with van der Waals surface area (Å²) >= 11 is 0. The van der Waals surface area contributed by atoms with Crippen molar-refractivity contribution in [1.29, 1.82) is 0 Å². The summed E-state index contributed by atoms with van der Waals surface area (Å²) in [5.41, 5.74) is 0.781. The number of carbonyl (C=O) groups excluding carboxylic acids is 1. The van der Waals surface area contributed by atoms with Crippen LogP contribution in [0, 0.1) is 5.82 Å². The van der Waals surface area contributed by atoms with Gasteiger partial charge in [0.15, 0.2) is 0 Å². The molecule has 0 saturated carbocycles. The number of halogens is 1. The summed E-state index contributed by atoms with van der Waals surface area (Å²) in [5.74, 6) is -0.470. The van der Waals surface area contributed by atoms with Crippen molar-refractivity contribution in [1.82, 2.24) is 14.9 Å². The molecule has 1 heterocycles. The Morgan fingerprint density at radius 1 is 1.45 bits per heavy atom. The highest BCUT2D eigenvalue weighted by Crippen LogP contribution is 2.04. The van der Waals surface area contributed by atoms with Crippen molar-refractivity contribution in [2.24, 2.45) is 0 Å². The summed E-state index contributed by atoms with van der Waals surface area (Å²) in [4.78, 5) is 15.7. The normalized spacial score (nSPS) is 12.5. The molecule has 1 aromatic carbocycles. The zero-order chi connectivity index (χ0) is 14.4. The molecule has 2 rings (SSSR count). The fraction of sp³-hybridized carbons (Fsp3) is 0.200. The average molecular weight is 273 g/mol. The Kier molecular flexibility index (Phi) is 4.65. The van der Waals surface area contributed by atoms with Crippen LogP contribution in [-0.4, -0.2) is 21.5 Å². The van der Waals surface area contributed by atoms with Crippen LogP contribution >= 0.6 is 0 Å². The lowest BCUT2D eigenvalue weighted by molar-refractivity contribution is -0.117. The van der Waals surface area contributed by atoms with Crippen LogP contribution in [0.5, 0.6) is 0 Å². The van der Waals surface area contributed by atoms with Crippen LogP contribution in [0.2, 0.25) is 0 Å². The van der Waals surface area contributed by atoms with Crippen LogP contribution < -0.4 is 5.32 Å². The van der Waals surface area contributed by atoms with Crippen LogP contribution in [0.1, 0.15) is 12.5 Å². The van der Waals surface area contributed by atoms with Crippen LogP contribution in [-0.2, 0) is 11.3 Å². The monoisotopic (exact) mass is 273 g/mol. The van der Waals surface area contributed by atoms with Gasteiger partial charge in [-0.2, -0.15) is 0 Å². The standard InChI is InChI=1S/C15H16FN3O/c1-12(10-19-9-8-17-11-19)18-15(20)7-4-13-2-5-14(16)6-3-13/h2-9,11-12H,10H2,1H3,(H,18,20). The molecule has 0 radical (unpaired) electrons. The highest BCUT2D eigenvalue weighted by molar-refractivity contribution is 5.91. The third kappa shape index (κ3) is 4.35. The summed E-state index contributed by atoms with van der Waals surface area (Å²) in [6.45, 7) is 2.58. The molecule has 1 N–H and O–H groups in total.